The molecule has 10 heteroatoms. The molecule has 0 radical (unpaired) electrons. The molecule has 4 N–H and O–H groups in total. The van der Waals surface area contributed by atoms with E-state index in [2.05, 4.69) is 25.6 Å². The minimum Gasteiger partial charge on any atom is -0.481 e. The fourth-order valence-electron chi connectivity index (χ4n) is 4.67. The highest BCUT2D eigenvalue weighted by Crippen LogP contribution is 2.39. The molecule has 0 saturated heterocycles. The number of anilines is 2. The Hall–Kier alpha value is -4.15. The van der Waals surface area contributed by atoms with Gasteiger partial charge in [-0.15, -0.1) is 0 Å². The van der Waals surface area contributed by atoms with Crippen molar-refractivity contribution in [1.29, 1.82) is 0 Å². The van der Waals surface area contributed by atoms with Crippen LogP contribution in [0.25, 0.3) is 33.4 Å². The van der Waals surface area contributed by atoms with Crippen molar-refractivity contribution < 1.29 is 14.9 Å². The predicted octanol–water partition coefficient (Wildman–Crippen LogP) is 5.22. The van der Waals surface area contributed by atoms with E-state index >= 15 is 0 Å². The molecule has 0 saturated carbocycles. The smallest absolute Gasteiger partial charge is 0.218 e. The van der Waals surface area contributed by atoms with Gasteiger partial charge in [0.15, 0.2) is 5.82 Å². The first kappa shape index (κ1) is 28.4. The van der Waals surface area contributed by atoms with Crippen LogP contribution in [0, 0.1) is 13.8 Å². The minimum atomic E-state index is -0.424. The summed E-state index contributed by atoms with van der Waals surface area (Å²) in [5.74, 6) is 1.74. The number of rotatable bonds is 10. The molecule has 3 aromatic heterocycles. The van der Waals surface area contributed by atoms with Gasteiger partial charge in [0.2, 0.25) is 5.88 Å². The first-order valence-corrected chi connectivity index (χ1v) is 13.6. The zero-order valence-electron chi connectivity index (χ0n) is 23.0. The Kier molecular flexibility index (Phi) is 8.70. The van der Waals surface area contributed by atoms with E-state index in [-0.39, 0.29) is 13.2 Å². The number of benzene rings is 2. The van der Waals surface area contributed by atoms with Crippen molar-refractivity contribution in [2.45, 2.75) is 26.4 Å². The number of hydrogen-bond donors (Lipinski definition) is 4. The van der Waals surface area contributed by atoms with Crippen molar-refractivity contribution >= 4 is 34.1 Å². The topological polar surface area (TPSA) is 125 Å². The van der Waals surface area contributed by atoms with Crippen LogP contribution in [0.1, 0.15) is 17.0 Å². The molecule has 0 aliphatic heterocycles. The molecule has 0 aliphatic carbocycles. The third-order valence-electron chi connectivity index (χ3n) is 6.87. The molecule has 3 heterocycles. The number of nitrogens with zero attached hydrogens (tertiary/aromatic N) is 4. The maximum atomic E-state index is 9.34. The number of fused-ring (bicyclic) bond motifs is 1. The lowest BCUT2D eigenvalue weighted by Crippen LogP contribution is -2.35. The minimum absolute atomic E-state index is 0.172. The maximum absolute atomic E-state index is 9.34. The van der Waals surface area contributed by atoms with Crippen molar-refractivity contribution in [3.05, 3.63) is 88.8 Å². The highest BCUT2D eigenvalue weighted by molar-refractivity contribution is 6.36. The zero-order chi connectivity index (χ0) is 28.9. The molecule has 210 valence electrons. The first-order chi connectivity index (χ1) is 19.9. The van der Waals surface area contributed by atoms with E-state index in [1.54, 1.807) is 13.3 Å². The van der Waals surface area contributed by atoms with Gasteiger partial charge in [-0.25, -0.2) is 15.0 Å². The van der Waals surface area contributed by atoms with Crippen LogP contribution in [0.2, 0.25) is 5.02 Å². The Morgan fingerprint density at radius 3 is 2.41 bits per heavy atom. The molecule has 9 nitrogen and oxygen atoms in total. The SMILES string of the molecule is COc1nc(-c2cccc(-c3cccc(Nc4nc(C)nc5cccnc45)c3C)c2Cl)ccc1CNC(CO)CO. The molecule has 2 aromatic carbocycles. The van der Waals surface area contributed by atoms with Crippen molar-refractivity contribution in [2.75, 3.05) is 25.6 Å². The third-order valence-corrected chi connectivity index (χ3v) is 7.28. The van der Waals surface area contributed by atoms with Crippen LogP contribution < -0.4 is 15.4 Å². The van der Waals surface area contributed by atoms with Crippen molar-refractivity contribution in [2.24, 2.45) is 0 Å². The van der Waals surface area contributed by atoms with Crippen LogP contribution in [0.4, 0.5) is 11.5 Å². The molecule has 0 aliphatic rings. The molecule has 41 heavy (non-hydrogen) atoms. The second-order valence-corrected chi connectivity index (χ2v) is 9.95. The predicted molar refractivity (Wildman–Crippen MR) is 162 cm³/mol. The van der Waals surface area contributed by atoms with Crippen LogP contribution >= 0.6 is 11.6 Å². The molecule has 0 spiro atoms. The number of hydrogen-bond acceptors (Lipinski definition) is 9. The van der Waals surface area contributed by atoms with Gasteiger partial charge in [-0.1, -0.05) is 48.0 Å². The average molecular weight is 571 g/mol. The van der Waals surface area contributed by atoms with Gasteiger partial charge in [0.1, 0.15) is 11.3 Å². The monoisotopic (exact) mass is 570 g/mol. The van der Waals surface area contributed by atoms with E-state index in [4.69, 9.17) is 21.3 Å². The van der Waals surface area contributed by atoms with Crippen molar-refractivity contribution in [3.8, 4) is 28.3 Å². The summed E-state index contributed by atoms with van der Waals surface area (Å²) in [6, 6.07) is 19.0. The van der Waals surface area contributed by atoms with E-state index < -0.39 is 6.04 Å². The summed E-state index contributed by atoms with van der Waals surface area (Å²) in [6.07, 6.45) is 1.73. The zero-order valence-corrected chi connectivity index (χ0v) is 23.8. The number of ether oxygens (including phenoxy) is 1. The average Bonchev–Trinajstić information content (AvgIpc) is 2.99. The van der Waals surface area contributed by atoms with Gasteiger partial charge in [-0.05, 0) is 49.2 Å². The van der Waals surface area contributed by atoms with E-state index in [1.807, 2.05) is 74.5 Å². The van der Waals surface area contributed by atoms with Crippen molar-refractivity contribution in [1.82, 2.24) is 25.3 Å². The summed E-state index contributed by atoms with van der Waals surface area (Å²) in [5.41, 5.74) is 7.43. The molecule has 0 atom stereocenters. The van der Waals surface area contributed by atoms with Crippen LogP contribution in [-0.4, -0.2) is 56.5 Å². The molecule has 0 fully saturated rings. The summed E-state index contributed by atoms with van der Waals surface area (Å²) in [4.78, 5) is 18.3. The number of halogens is 1. The number of aliphatic hydroxyl groups excluding tert-OH is 2. The van der Waals surface area contributed by atoms with Crippen LogP contribution in [0.5, 0.6) is 5.88 Å². The number of aromatic nitrogens is 4. The summed E-state index contributed by atoms with van der Waals surface area (Å²) in [5, 5.41) is 25.8. The number of aryl methyl sites for hydroxylation is 1. The highest BCUT2D eigenvalue weighted by Gasteiger charge is 2.17. The third kappa shape index (κ3) is 5.98. The lowest BCUT2D eigenvalue weighted by atomic mass is 9.96. The summed E-state index contributed by atoms with van der Waals surface area (Å²) >= 11 is 7.04. The molecule has 0 bridgehead atoms. The molecule has 5 aromatic rings. The molecular formula is C31H31ClN6O3. The second kappa shape index (κ2) is 12.6. The van der Waals surface area contributed by atoms with Gasteiger partial charge in [-0.2, -0.15) is 0 Å². The van der Waals surface area contributed by atoms with Gasteiger partial charge < -0.3 is 25.6 Å². The van der Waals surface area contributed by atoms with E-state index in [0.717, 1.165) is 39.0 Å². The van der Waals surface area contributed by atoms with E-state index in [1.165, 1.54) is 0 Å². The Morgan fingerprint density at radius 2 is 1.63 bits per heavy atom. The number of methoxy groups -OCH3 is 1. The number of aliphatic hydroxyl groups is 2. The van der Waals surface area contributed by atoms with Crippen LogP contribution in [0.15, 0.2) is 66.9 Å². The second-order valence-electron chi connectivity index (χ2n) is 9.57. The van der Waals surface area contributed by atoms with Gasteiger partial charge >= 0.3 is 0 Å². The van der Waals surface area contributed by atoms with Gasteiger partial charge in [-0.3, -0.25) is 4.98 Å². The number of pyridine rings is 2. The molecule has 0 amide bonds. The highest BCUT2D eigenvalue weighted by atomic mass is 35.5. The summed E-state index contributed by atoms with van der Waals surface area (Å²) in [6.45, 7) is 3.94. The van der Waals surface area contributed by atoms with Gasteiger partial charge in [0.25, 0.3) is 0 Å². The molecular weight excluding hydrogens is 540 g/mol. The quantitative estimate of drug-likeness (QED) is 0.179. The van der Waals surface area contributed by atoms with Crippen LogP contribution in [0.3, 0.4) is 0 Å². The lowest BCUT2D eigenvalue weighted by molar-refractivity contribution is 0.170. The van der Waals surface area contributed by atoms with Gasteiger partial charge in [0.05, 0.1) is 42.6 Å². The fraction of sp³-hybridized carbons (Fsp3) is 0.226. The Balaban J connectivity index is 1.48. The Labute approximate surface area is 243 Å². The largest absolute Gasteiger partial charge is 0.481 e. The Morgan fingerprint density at radius 1 is 0.878 bits per heavy atom. The lowest BCUT2D eigenvalue weighted by Gasteiger charge is -2.17. The normalized spacial score (nSPS) is 11.3. The fourth-order valence-corrected chi connectivity index (χ4v) is 5.00. The maximum Gasteiger partial charge on any atom is 0.218 e. The van der Waals surface area contributed by atoms with E-state index in [0.29, 0.717) is 40.3 Å². The standard InChI is InChI=1S/C31H31ClN6O3/c1-18-22(7-5-10-25(18)37-30-29-27(11-6-14-33-29)35-19(2)36-30)23-8-4-9-24(28(23)32)26-13-12-20(31(38-26)41-3)15-34-21(16-39)17-40/h4-14,21,34,39-40H,15-17H2,1-3H3,(H,35,36,37). The number of nitrogens with one attached hydrogen (secondary N) is 2. The summed E-state index contributed by atoms with van der Waals surface area (Å²) in [7, 11) is 1.56. The van der Waals surface area contributed by atoms with E-state index in [9.17, 15) is 10.2 Å². The molecule has 5 rings (SSSR count). The van der Waals surface area contributed by atoms with Crippen molar-refractivity contribution in [3.63, 3.8) is 0 Å². The van der Waals surface area contributed by atoms with Gasteiger partial charge in [0, 0.05) is 35.1 Å². The summed E-state index contributed by atoms with van der Waals surface area (Å²) < 4.78 is 5.55. The Bertz CT molecular complexity index is 1690. The first-order valence-electron chi connectivity index (χ1n) is 13.2. The van der Waals surface area contributed by atoms with Crippen LogP contribution in [-0.2, 0) is 6.54 Å². The molecule has 0 unspecified atom stereocenters.